The first-order valence-electron chi connectivity index (χ1n) is 6.86. The summed E-state index contributed by atoms with van der Waals surface area (Å²) in [6.45, 7) is 4.29. The topological polar surface area (TPSA) is 44.0 Å². The van der Waals surface area contributed by atoms with E-state index >= 15 is 0 Å². The van der Waals surface area contributed by atoms with Crippen LogP contribution in [0.5, 0.6) is 0 Å². The molecule has 0 spiro atoms. The van der Waals surface area contributed by atoms with E-state index in [9.17, 15) is 0 Å². The number of hydrogen-bond acceptors (Lipinski definition) is 4. The Morgan fingerprint density at radius 3 is 3.32 bits per heavy atom. The SMILES string of the molecule is c1csc(CN2CCCC(NCc3ncc[nH]3)C2)c1. The number of H-pyrrole nitrogens is 1. The monoisotopic (exact) mass is 276 g/mol. The maximum absolute atomic E-state index is 4.25. The first-order chi connectivity index (χ1) is 9.40. The van der Waals surface area contributed by atoms with Crippen LogP contribution >= 0.6 is 11.3 Å². The fourth-order valence-corrected chi connectivity index (χ4v) is 3.37. The predicted molar refractivity (Wildman–Crippen MR) is 78.0 cm³/mol. The molecule has 19 heavy (non-hydrogen) atoms. The van der Waals surface area contributed by atoms with Gasteiger partial charge in [0.2, 0.25) is 0 Å². The summed E-state index contributed by atoms with van der Waals surface area (Å²) < 4.78 is 0. The van der Waals surface area contributed by atoms with Crippen LogP contribution in [0, 0.1) is 0 Å². The van der Waals surface area contributed by atoms with Crippen LogP contribution in [-0.4, -0.2) is 34.0 Å². The van der Waals surface area contributed by atoms with Crippen LogP contribution in [-0.2, 0) is 13.1 Å². The van der Waals surface area contributed by atoms with Crippen molar-refractivity contribution in [1.29, 1.82) is 0 Å². The molecule has 0 aromatic carbocycles. The van der Waals surface area contributed by atoms with Crippen molar-refractivity contribution in [2.75, 3.05) is 13.1 Å². The third-order valence-corrected chi connectivity index (χ3v) is 4.44. The second-order valence-electron chi connectivity index (χ2n) is 5.07. The average Bonchev–Trinajstić information content (AvgIpc) is 3.10. The van der Waals surface area contributed by atoms with Crippen LogP contribution in [0.3, 0.4) is 0 Å². The molecule has 2 aromatic heterocycles. The molecule has 0 saturated carbocycles. The maximum Gasteiger partial charge on any atom is 0.120 e. The van der Waals surface area contributed by atoms with E-state index in [1.807, 2.05) is 17.5 Å². The molecule has 2 aromatic rings. The summed E-state index contributed by atoms with van der Waals surface area (Å²) in [6.07, 6.45) is 6.23. The van der Waals surface area contributed by atoms with Gasteiger partial charge >= 0.3 is 0 Å². The summed E-state index contributed by atoms with van der Waals surface area (Å²) in [5.41, 5.74) is 0. The minimum Gasteiger partial charge on any atom is -0.348 e. The number of nitrogens with one attached hydrogen (secondary N) is 2. The van der Waals surface area contributed by atoms with E-state index in [2.05, 4.69) is 37.7 Å². The molecule has 2 N–H and O–H groups in total. The third kappa shape index (κ3) is 3.65. The molecule has 1 aliphatic rings. The van der Waals surface area contributed by atoms with E-state index in [1.54, 1.807) is 6.20 Å². The number of hydrogen-bond donors (Lipinski definition) is 2. The number of aromatic amines is 1. The van der Waals surface area contributed by atoms with Gasteiger partial charge in [0.15, 0.2) is 0 Å². The Morgan fingerprint density at radius 2 is 2.53 bits per heavy atom. The number of thiophene rings is 1. The van der Waals surface area contributed by atoms with Gasteiger partial charge in [-0.2, -0.15) is 0 Å². The number of piperidine rings is 1. The van der Waals surface area contributed by atoms with E-state index in [-0.39, 0.29) is 0 Å². The minimum absolute atomic E-state index is 0.582. The second kappa shape index (κ2) is 6.32. The summed E-state index contributed by atoms with van der Waals surface area (Å²) in [5.74, 6) is 1.02. The van der Waals surface area contributed by atoms with Crippen molar-refractivity contribution < 1.29 is 0 Å². The molecule has 0 bridgehead atoms. The molecule has 0 amide bonds. The number of rotatable bonds is 5. The highest BCUT2D eigenvalue weighted by atomic mass is 32.1. The van der Waals surface area contributed by atoms with E-state index in [0.29, 0.717) is 6.04 Å². The van der Waals surface area contributed by atoms with Gasteiger partial charge in [-0.3, -0.25) is 4.90 Å². The molecule has 5 heteroatoms. The van der Waals surface area contributed by atoms with Gasteiger partial charge in [-0.1, -0.05) is 6.07 Å². The Labute approximate surface area is 117 Å². The Morgan fingerprint density at radius 1 is 1.53 bits per heavy atom. The van der Waals surface area contributed by atoms with Crippen molar-refractivity contribution in [3.05, 3.63) is 40.6 Å². The van der Waals surface area contributed by atoms with Crippen LogP contribution in [0.2, 0.25) is 0 Å². The van der Waals surface area contributed by atoms with Gasteiger partial charge in [0.05, 0.1) is 6.54 Å². The number of nitrogens with zero attached hydrogens (tertiary/aromatic N) is 2. The lowest BCUT2D eigenvalue weighted by Gasteiger charge is -2.32. The largest absolute Gasteiger partial charge is 0.348 e. The third-order valence-electron chi connectivity index (χ3n) is 3.58. The zero-order valence-electron chi connectivity index (χ0n) is 11.0. The number of imidazole rings is 1. The second-order valence-corrected chi connectivity index (χ2v) is 6.10. The van der Waals surface area contributed by atoms with Gasteiger partial charge in [0.25, 0.3) is 0 Å². The summed E-state index contributed by atoms with van der Waals surface area (Å²) in [6, 6.07) is 4.94. The normalized spacial score (nSPS) is 20.7. The van der Waals surface area contributed by atoms with Crippen LogP contribution in [0.25, 0.3) is 0 Å². The van der Waals surface area contributed by atoms with Crippen molar-refractivity contribution in [3.8, 4) is 0 Å². The zero-order valence-corrected chi connectivity index (χ0v) is 11.8. The van der Waals surface area contributed by atoms with Crippen LogP contribution in [0.15, 0.2) is 29.9 Å². The zero-order chi connectivity index (χ0) is 12.9. The average molecular weight is 276 g/mol. The molecule has 1 fully saturated rings. The fourth-order valence-electron chi connectivity index (χ4n) is 2.62. The number of aromatic nitrogens is 2. The Hall–Kier alpha value is -1.17. The Bertz CT molecular complexity index is 466. The van der Waals surface area contributed by atoms with Gasteiger partial charge in [-0.15, -0.1) is 11.3 Å². The van der Waals surface area contributed by atoms with Crippen LogP contribution in [0.1, 0.15) is 23.5 Å². The predicted octanol–water partition coefficient (Wildman–Crippen LogP) is 2.23. The standard InChI is InChI=1S/C14H20N4S/c1-3-12(17-9-14-15-5-6-16-14)10-18(7-1)11-13-4-2-8-19-13/h2,4-6,8,12,17H,1,3,7,9-11H2,(H,15,16). The smallest absolute Gasteiger partial charge is 0.120 e. The lowest BCUT2D eigenvalue weighted by atomic mass is 10.1. The van der Waals surface area contributed by atoms with Gasteiger partial charge in [-0.25, -0.2) is 4.98 Å². The molecule has 3 heterocycles. The summed E-state index contributed by atoms with van der Waals surface area (Å²) >= 11 is 1.85. The highest BCUT2D eigenvalue weighted by Gasteiger charge is 2.19. The molecular formula is C14H20N4S. The molecule has 0 radical (unpaired) electrons. The van der Waals surface area contributed by atoms with Crippen molar-refractivity contribution in [2.24, 2.45) is 0 Å². The molecule has 1 saturated heterocycles. The summed E-state index contributed by atoms with van der Waals surface area (Å²) in [5, 5.41) is 5.76. The van der Waals surface area contributed by atoms with Gasteiger partial charge in [-0.05, 0) is 30.8 Å². The molecular weight excluding hydrogens is 256 g/mol. The Balaban J connectivity index is 1.47. The van der Waals surface area contributed by atoms with E-state index < -0.39 is 0 Å². The van der Waals surface area contributed by atoms with Crippen LogP contribution in [0.4, 0.5) is 0 Å². The van der Waals surface area contributed by atoms with Gasteiger partial charge in [0.1, 0.15) is 5.82 Å². The molecule has 4 nitrogen and oxygen atoms in total. The quantitative estimate of drug-likeness (QED) is 0.880. The first kappa shape index (κ1) is 12.8. The van der Waals surface area contributed by atoms with Crippen molar-refractivity contribution in [3.63, 3.8) is 0 Å². The summed E-state index contributed by atoms with van der Waals surface area (Å²) in [7, 11) is 0. The van der Waals surface area contributed by atoms with Gasteiger partial charge in [0, 0.05) is 36.4 Å². The van der Waals surface area contributed by atoms with Crippen molar-refractivity contribution in [2.45, 2.75) is 32.0 Å². The Kier molecular flexibility index (Phi) is 4.27. The fraction of sp³-hybridized carbons (Fsp3) is 0.500. The van der Waals surface area contributed by atoms with Crippen LogP contribution < -0.4 is 5.32 Å². The maximum atomic E-state index is 4.25. The van der Waals surface area contributed by atoms with Crippen molar-refractivity contribution >= 4 is 11.3 Å². The van der Waals surface area contributed by atoms with E-state index in [0.717, 1.165) is 25.5 Å². The molecule has 3 rings (SSSR count). The molecule has 1 aliphatic heterocycles. The lowest BCUT2D eigenvalue weighted by Crippen LogP contribution is -2.45. The summed E-state index contributed by atoms with van der Waals surface area (Å²) in [4.78, 5) is 11.4. The number of likely N-dealkylation sites (tertiary alicyclic amines) is 1. The molecule has 102 valence electrons. The van der Waals surface area contributed by atoms with E-state index in [4.69, 9.17) is 0 Å². The minimum atomic E-state index is 0.582. The molecule has 1 atom stereocenters. The van der Waals surface area contributed by atoms with Gasteiger partial charge < -0.3 is 10.3 Å². The lowest BCUT2D eigenvalue weighted by molar-refractivity contribution is 0.183. The van der Waals surface area contributed by atoms with E-state index in [1.165, 1.54) is 24.3 Å². The highest BCUT2D eigenvalue weighted by Crippen LogP contribution is 2.16. The van der Waals surface area contributed by atoms with Crippen molar-refractivity contribution in [1.82, 2.24) is 20.2 Å². The molecule has 0 aliphatic carbocycles. The molecule has 1 unspecified atom stereocenters. The first-order valence-corrected chi connectivity index (χ1v) is 7.74. The highest BCUT2D eigenvalue weighted by molar-refractivity contribution is 7.09.